The van der Waals surface area contributed by atoms with Gasteiger partial charge in [-0.15, -0.1) is 0 Å². The maximum atomic E-state index is 13.3. The molecular formula is C14H19FO2. The van der Waals surface area contributed by atoms with Crippen LogP contribution in [0.15, 0.2) is 18.2 Å². The van der Waals surface area contributed by atoms with E-state index in [2.05, 4.69) is 0 Å². The highest BCUT2D eigenvalue weighted by molar-refractivity contribution is 5.38. The van der Waals surface area contributed by atoms with Gasteiger partial charge in [-0.1, -0.05) is 19.3 Å². The molecule has 2 nitrogen and oxygen atoms in total. The van der Waals surface area contributed by atoms with Crippen LogP contribution in [0.2, 0.25) is 0 Å². The van der Waals surface area contributed by atoms with Crippen molar-refractivity contribution in [2.24, 2.45) is 5.92 Å². The van der Waals surface area contributed by atoms with E-state index in [4.69, 9.17) is 4.74 Å². The maximum absolute atomic E-state index is 13.3. The predicted molar refractivity (Wildman–Crippen MR) is 64.5 cm³/mol. The van der Waals surface area contributed by atoms with Gasteiger partial charge in [-0.25, -0.2) is 4.39 Å². The normalized spacial score (nSPS) is 19.5. The third-order valence-electron chi connectivity index (χ3n) is 3.65. The Kier molecular flexibility index (Phi) is 3.38. The van der Waals surface area contributed by atoms with Gasteiger partial charge in [-0.2, -0.15) is 0 Å². The van der Waals surface area contributed by atoms with Gasteiger partial charge in [0.2, 0.25) is 0 Å². The molecule has 0 radical (unpaired) electrons. The van der Waals surface area contributed by atoms with Crippen LogP contribution in [0.5, 0.6) is 5.75 Å². The van der Waals surface area contributed by atoms with Crippen LogP contribution in [0.25, 0.3) is 0 Å². The number of methoxy groups -OCH3 is 1. The van der Waals surface area contributed by atoms with E-state index in [0.717, 1.165) is 12.8 Å². The van der Waals surface area contributed by atoms with Crippen molar-refractivity contribution in [1.29, 1.82) is 0 Å². The first-order chi connectivity index (χ1) is 8.03. The minimum atomic E-state index is -1.02. The predicted octanol–water partition coefficient (Wildman–Crippen LogP) is 3.23. The van der Waals surface area contributed by atoms with Gasteiger partial charge < -0.3 is 9.84 Å². The number of halogens is 1. The number of hydrogen-bond donors (Lipinski definition) is 1. The number of benzene rings is 1. The Hall–Kier alpha value is -1.09. The van der Waals surface area contributed by atoms with E-state index in [1.54, 1.807) is 13.0 Å². The van der Waals surface area contributed by atoms with Crippen LogP contribution in [-0.2, 0) is 5.60 Å². The Morgan fingerprint density at radius 2 is 2.18 bits per heavy atom. The molecule has 0 spiro atoms. The van der Waals surface area contributed by atoms with E-state index in [1.807, 2.05) is 0 Å². The van der Waals surface area contributed by atoms with Gasteiger partial charge in [0.15, 0.2) is 0 Å². The Balaban J connectivity index is 2.26. The van der Waals surface area contributed by atoms with Gasteiger partial charge in [-0.3, -0.25) is 0 Å². The summed E-state index contributed by atoms with van der Waals surface area (Å²) >= 11 is 0. The summed E-state index contributed by atoms with van der Waals surface area (Å²) in [6, 6.07) is 4.29. The van der Waals surface area contributed by atoms with E-state index in [1.165, 1.54) is 25.7 Å². The molecule has 0 bridgehead atoms. The average molecular weight is 238 g/mol. The minimum absolute atomic E-state index is 0.338. The fraction of sp³-hybridized carbons (Fsp3) is 0.571. The molecule has 0 aliphatic heterocycles. The summed E-state index contributed by atoms with van der Waals surface area (Å²) in [5.41, 5.74) is -0.467. The molecule has 1 saturated carbocycles. The van der Waals surface area contributed by atoms with Crippen LogP contribution in [0, 0.1) is 11.7 Å². The zero-order valence-corrected chi connectivity index (χ0v) is 10.4. The molecule has 3 heteroatoms. The number of hydrogen-bond acceptors (Lipinski definition) is 2. The summed E-state index contributed by atoms with van der Waals surface area (Å²) in [5.74, 6) is 0.767. The summed E-state index contributed by atoms with van der Waals surface area (Å²) in [6.45, 7) is 1.74. The van der Waals surface area contributed by atoms with Crippen LogP contribution < -0.4 is 4.74 Å². The highest BCUT2D eigenvalue weighted by Crippen LogP contribution is 2.40. The van der Waals surface area contributed by atoms with Crippen molar-refractivity contribution in [3.05, 3.63) is 29.6 Å². The summed E-state index contributed by atoms with van der Waals surface area (Å²) in [7, 11) is 1.54. The van der Waals surface area contributed by atoms with Gasteiger partial charge in [0.25, 0.3) is 0 Å². The van der Waals surface area contributed by atoms with Crippen LogP contribution in [-0.4, -0.2) is 12.2 Å². The molecule has 1 aromatic rings. The lowest BCUT2D eigenvalue weighted by Gasteiger charge is -2.34. The zero-order chi connectivity index (χ0) is 12.5. The van der Waals surface area contributed by atoms with E-state index in [9.17, 15) is 9.50 Å². The van der Waals surface area contributed by atoms with E-state index < -0.39 is 5.60 Å². The smallest absolute Gasteiger partial charge is 0.125 e. The van der Waals surface area contributed by atoms with Crippen molar-refractivity contribution in [3.63, 3.8) is 0 Å². The Morgan fingerprint density at radius 3 is 2.71 bits per heavy atom. The maximum Gasteiger partial charge on any atom is 0.125 e. The molecule has 0 heterocycles. The molecule has 2 rings (SSSR count). The lowest BCUT2D eigenvalue weighted by molar-refractivity contribution is 0.0139. The molecule has 1 N–H and O–H groups in total. The van der Waals surface area contributed by atoms with Crippen LogP contribution >= 0.6 is 0 Å². The second-order valence-corrected chi connectivity index (χ2v) is 5.12. The van der Waals surface area contributed by atoms with Crippen molar-refractivity contribution >= 4 is 0 Å². The van der Waals surface area contributed by atoms with Gasteiger partial charge >= 0.3 is 0 Å². The molecule has 1 atom stereocenters. The summed E-state index contributed by atoms with van der Waals surface area (Å²) in [4.78, 5) is 0. The second kappa shape index (κ2) is 4.65. The molecule has 0 aromatic heterocycles. The molecule has 1 aliphatic carbocycles. The first-order valence-corrected chi connectivity index (χ1v) is 6.09. The van der Waals surface area contributed by atoms with E-state index >= 15 is 0 Å². The van der Waals surface area contributed by atoms with Crippen LogP contribution in [0.1, 0.15) is 38.2 Å². The average Bonchev–Trinajstić information content (AvgIpc) is 2.24. The monoisotopic (exact) mass is 238 g/mol. The Morgan fingerprint density at radius 1 is 1.47 bits per heavy atom. The van der Waals surface area contributed by atoms with Crippen molar-refractivity contribution in [3.8, 4) is 5.75 Å². The molecule has 1 aliphatic rings. The van der Waals surface area contributed by atoms with E-state index in [-0.39, 0.29) is 5.82 Å². The Bertz CT molecular complexity index is 397. The zero-order valence-electron chi connectivity index (χ0n) is 10.4. The first-order valence-electron chi connectivity index (χ1n) is 6.09. The highest BCUT2D eigenvalue weighted by Gasteiger charge is 2.32. The lowest BCUT2D eigenvalue weighted by Crippen LogP contribution is -2.28. The van der Waals surface area contributed by atoms with Gasteiger partial charge in [0.05, 0.1) is 12.7 Å². The fourth-order valence-corrected chi connectivity index (χ4v) is 2.47. The summed E-state index contributed by atoms with van der Waals surface area (Å²) in [6.07, 6.45) is 4.23. The topological polar surface area (TPSA) is 29.5 Å². The third-order valence-corrected chi connectivity index (χ3v) is 3.65. The SMILES string of the molecule is COc1ccc(F)cc1C(C)(O)CC1CCC1. The molecule has 17 heavy (non-hydrogen) atoms. The fourth-order valence-electron chi connectivity index (χ4n) is 2.47. The van der Waals surface area contributed by atoms with Crippen LogP contribution in [0.3, 0.4) is 0 Å². The quantitative estimate of drug-likeness (QED) is 0.872. The molecule has 1 aromatic carbocycles. The third kappa shape index (κ3) is 2.60. The van der Waals surface area contributed by atoms with Crippen molar-refractivity contribution in [2.75, 3.05) is 7.11 Å². The van der Waals surface area contributed by atoms with Gasteiger partial charge in [-0.05, 0) is 37.5 Å². The van der Waals surface area contributed by atoms with Gasteiger partial charge in [0, 0.05) is 5.56 Å². The van der Waals surface area contributed by atoms with Gasteiger partial charge in [0.1, 0.15) is 11.6 Å². The van der Waals surface area contributed by atoms with E-state index in [0.29, 0.717) is 23.7 Å². The largest absolute Gasteiger partial charge is 0.496 e. The Labute approximate surface area is 101 Å². The number of rotatable bonds is 4. The van der Waals surface area contributed by atoms with Crippen molar-refractivity contribution in [1.82, 2.24) is 0 Å². The molecule has 1 unspecified atom stereocenters. The number of ether oxygens (including phenoxy) is 1. The van der Waals surface area contributed by atoms with Crippen molar-refractivity contribution < 1.29 is 14.2 Å². The second-order valence-electron chi connectivity index (χ2n) is 5.12. The number of aliphatic hydroxyl groups is 1. The molecule has 94 valence electrons. The lowest BCUT2D eigenvalue weighted by atomic mass is 9.75. The molecule has 0 amide bonds. The highest BCUT2D eigenvalue weighted by atomic mass is 19.1. The standard InChI is InChI=1S/C14H19FO2/c1-14(16,9-10-4-3-5-10)12-8-11(15)6-7-13(12)17-2/h6-8,10,16H,3-5,9H2,1-2H3. The summed E-state index contributed by atoms with van der Waals surface area (Å²) in [5, 5.41) is 10.5. The van der Waals surface area contributed by atoms with Crippen molar-refractivity contribution in [2.45, 2.75) is 38.2 Å². The molecule has 1 fully saturated rings. The minimum Gasteiger partial charge on any atom is -0.496 e. The summed E-state index contributed by atoms with van der Waals surface area (Å²) < 4.78 is 18.5. The first kappa shape index (κ1) is 12.4. The van der Waals surface area contributed by atoms with Crippen LogP contribution in [0.4, 0.5) is 4.39 Å². The molecule has 0 saturated heterocycles. The molecular weight excluding hydrogens is 219 g/mol.